The van der Waals surface area contributed by atoms with Crippen molar-refractivity contribution in [3.05, 3.63) is 63.7 Å². The minimum absolute atomic E-state index is 0.000738. The molecule has 17 heteroatoms. The van der Waals surface area contributed by atoms with Crippen LogP contribution in [-0.2, 0) is 36.9 Å². The molecule has 3 aromatic rings. The van der Waals surface area contributed by atoms with Gasteiger partial charge in [-0.25, -0.2) is 4.79 Å². The number of nitrogens with zero attached hydrogens (tertiary/aromatic N) is 6. The number of alkyl halides is 9. The maximum Gasteiger partial charge on any atom is 0.416 e. The number of aryl methyl sites for hydroxylation is 2. The molecule has 0 spiro atoms. The van der Waals surface area contributed by atoms with Crippen molar-refractivity contribution < 1.29 is 49.0 Å². The molecule has 2 heterocycles. The highest BCUT2D eigenvalue weighted by Crippen LogP contribution is 2.44. The van der Waals surface area contributed by atoms with E-state index in [4.69, 9.17) is 4.74 Å². The number of amides is 1. The molecule has 46 heavy (non-hydrogen) atoms. The first-order chi connectivity index (χ1) is 21.3. The number of anilines is 2. The molecular formula is C29H31F9N6O2. The number of ether oxygens (including phenoxy) is 1. The molecule has 252 valence electrons. The lowest BCUT2D eigenvalue weighted by atomic mass is 9.94. The summed E-state index contributed by atoms with van der Waals surface area (Å²) in [7, 11) is 1.39. The van der Waals surface area contributed by atoms with Gasteiger partial charge in [0.2, 0.25) is 0 Å². The van der Waals surface area contributed by atoms with Gasteiger partial charge in [-0.2, -0.15) is 44.3 Å². The molecule has 1 amide bonds. The van der Waals surface area contributed by atoms with Gasteiger partial charge in [-0.1, -0.05) is 25.0 Å². The molecule has 0 fully saturated rings. The lowest BCUT2D eigenvalue weighted by Gasteiger charge is -2.33. The van der Waals surface area contributed by atoms with E-state index in [9.17, 15) is 44.3 Å². The Balaban J connectivity index is 1.91. The van der Waals surface area contributed by atoms with E-state index in [1.807, 2.05) is 0 Å². The first kappa shape index (κ1) is 34.8. The first-order valence-electron chi connectivity index (χ1n) is 14.3. The molecule has 1 aliphatic heterocycles. The summed E-state index contributed by atoms with van der Waals surface area (Å²) in [6.45, 7) is 4.09. The number of benzene rings is 2. The van der Waals surface area contributed by atoms with Gasteiger partial charge >= 0.3 is 24.6 Å². The number of carbonyl (C=O) groups excluding carboxylic acids is 1. The Bertz CT molecular complexity index is 1520. The number of halogens is 9. The third-order valence-electron chi connectivity index (χ3n) is 7.72. The van der Waals surface area contributed by atoms with Crippen LogP contribution < -0.4 is 9.80 Å². The zero-order valence-corrected chi connectivity index (χ0v) is 25.2. The number of tetrazole rings is 1. The molecular weight excluding hydrogens is 635 g/mol. The fourth-order valence-corrected chi connectivity index (χ4v) is 5.44. The summed E-state index contributed by atoms with van der Waals surface area (Å²) in [4.78, 5) is 16.7. The number of fused-ring (bicyclic) bond motifs is 1. The molecule has 1 unspecified atom stereocenters. The zero-order valence-electron chi connectivity index (χ0n) is 25.2. The van der Waals surface area contributed by atoms with Crippen LogP contribution in [0.4, 0.5) is 55.9 Å². The van der Waals surface area contributed by atoms with Crippen LogP contribution in [0.3, 0.4) is 0 Å². The minimum Gasteiger partial charge on any atom is -0.446 e. The van der Waals surface area contributed by atoms with E-state index < -0.39 is 65.6 Å². The van der Waals surface area contributed by atoms with Gasteiger partial charge in [-0.3, -0.25) is 4.90 Å². The molecule has 2 aromatic carbocycles. The Labute approximate surface area is 258 Å². The highest BCUT2D eigenvalue weighted by atomic mass is 19.4. The van der Waals surface area contributed by atoms with Gasteiger partial charge in [-0.15, -0.1) is 5.10 Å². The van der Waals surface area contributed by atoms with Crippen LogP contribution in [-0.4, -0.2) is 38.9 Å². The molecule has 1 aliphatic rings. The van der Waals surface area contributed by atoms with Gasteiger partial charge in [0.05, 0.1) is 35.5 Å². The summed E-state index contributed by atoms with van der Waals surface area (Å²) < 4.78 is 130. The molecule has 1 aromatic heterocycles. The van der Waals surface area contributed by atoms with E-state index in [1.54, 1.807) is 13.8 Å². The second kappa shape index (κ2) is 13.0. The van der Waals surface area contributed by atoms with E-state index in [0.29, 0.717) is 25.0 Å². The summed E-state index contributed by atoms with van der Waals surface area (Å²) in [5.74, 6) is -0.199. The number of carbonyl (C=O) groups is 1. The number of hydrogen-bond acceptors (Lipinski definition) is 6. The average molecular weight is 667 g/mol. The fourth-order valence-electron chi connectivity index (χ4n) is 5.44. The van der Waals surface area contributed by atoms with Gasteiger partial charge in [0.25, 0.3) is 5.95 Å². The SMILES string of the molecule is CCC(CC)OC(=O)N1CCCC(N(Cc2cc(C(F)(F)F)cc(C(F)(F)F)c2)c2nnn(C)n2)c2cc(C)c(C(F)(F)F)cc21. The van der Waals surface area contributed by atoms with Crippen molar-refractivity contribution in [2.75, 3.05) is 16.3 Å². The highest BCUT2D eigenvalue weighted by molar-refractivity contribution is 5.89. The Kier molecular flexibility index (Phi) is 9.83. The molecule has 4 rings (SSSR count). The number of rotatable bonds is 7. The topological polar surface area (TPSA) is 76.4 Å². The largest absolute Gasteiger partial charge is 0.446 e. The normalized spacial score (nSPS) is 16.0. The predicted octanol–water partition coefficient (Wildman–Crippen LogP) is 8.25. The van der Waals surface area contributed by atoms with Crippen molar-refractivity contribution in [2.45, 2.75) is 83.7 Å². The van der Waals surface area contributed by atoms with Gasteiger partial charge in [0, 0.05) is 13.1 Å². The Morgan fingerprint density at radius 3 is 2.07 bits per heavy atom. The molecule has 0 N–H and O–H groups in total. The minimum atomic E-state index is -5.11. The number of aromatic nitrogens is 4. The summed E-state index contributed by atoms with van der Waals surface area (Å²) in [6.07, 6.45) is -15.2. The van der Waals surface area contributed by atoms with E-state index in [-0.39, 0.29) is 48.2 Å². The van der Waals surface area contributed by atoms with Crippen molar-refractivity contribution in [1.82, 2.24) is 20.2 Å². The number of hydrogen-bond donors (Lipinski definition) is 0. The quantitative estimate of drug-likeness (QED) is 0.237. The zero-order chi connectivity index (χ0) is 34.2. The van der Waals surface area contributed by atoms with Crippen LogP contribution >= 0.6 is 0 Å². The van der Waals surface area contributed by atoms with Crippen LogP contribution in [0.15, 0.2) is 30.3 Å². The van der Waals surface area contributed by atoms with Gasteiger partial charge in [0.1, 0.15) is 6.10 Å². The molecule has 0 saturated heterocycles. The van der Waals surface area contributed by atoms with Crippen LogP contribution in [0.25, 0.3) is 0 Å². The summed E-state index contributed by atoms with van der Waals surface area (Å²) in [5, 5.41) is 11.8. The van der Waals surface area contributed by atoms with Crippen molar-refractivity contribution in [1.29, 1.82) is 0 Å². The second-order valence-corrected chi connectivity index (χ2v) is 11.0. The molecule has 1 atom stereocenters. The van der Waals surface area contributed by atoms with Gasteiger partial charge in [0.15, 0.2) is 0 Å². The van der Waals surface area contributed by atoms with Crippen LogP contribution in [0.5, 0.6) is 0 Å². The maximum absolute atomic E-state index is 14.1. The third-order valence-corrected chi connectivity index (χ3v) is 7.72. The molecule has 8 nitrogen and oxygen atoms in total. The predicted molar refractivity (Wildman–Crippen MR) is 148 cm³/mol. The summed E-state index contributed by atoms with van der Waals surface area (Å²) >= 11 is 0. The first-order valence-corrected chi connectivity index (χ1v) is 14.3. The van der Waals surface area contributed by atoms with E-state index >= 15 is 0 Å². The molecule has 0 saturated carbocycles. The van der Waals surface area contributed by atoms with Crippen LogP contribution in [0, 0.1) is 6.92 Å². The van der Waals surface area contributed by atoms with Gasteiger partial charge < -0.3 is 9.64 Å². The van der Waals surface area contributed by atoms with Crippen molar-refractivity contribution in [3.8, 4) is 0 Å². The highest BCUT2D eigenvalue weighted by Gasteiger charge is 2.40. The Hall–Kier alpha value is -4.05. The summed E-state index contributed by atoms with van der Waals surface area (Å²) in [6, 6.07) is 2.14. The molecule has 0 aliphatic carbocycles. The van der Waals surface area contributed by atoms with Gasteiger partial charge in [-0.05, 0) is 78.8 Å². The third kappa shape index (κ3) is 7.66. The van der Waals surface area contributed by atoms with E-state index in [2.05, 4.69) is 15.4 Å². The average Bonchev–Trinajstić information content (AvgIpc) is 3.30. The Morgan fingerprint density at radius 1 is 0.957 bits per heavy atom. The van der Waals surface area contributed by atoms with E-state index in [1.165, 1.54) is 24.9 Å². The lowest BCUT2D eigenvalue weighted by molar-refractivity contribution is -0.143. The van der Waals surface area contributed by atoms with Crippen molar-refractivity contribution in [3.63, 3.8) is 0 Å². The second-order valence-electron chi connectivity index (χ2n) is 11.0. The smallest absolute Gasteiger partial charge is 0.416 e. The molecule has 0 radical (unpaired) electrons. The summed E-state index contributed by atoms with van der Waals surface area (Å²) in [5.41, 5.74) is -4.72. The van der Waals surface area contributed by atoms with Crippen LogP contribution in [0.1, 0.15) is 79.0 Å². The maximum atomic E-state index is 14.1. The van der Waals surface area contributed by atoms with Crippen LogP contribution in [0.2, 0.25) is 0 Å². The van der Waals surface area contributed by atoms with Crippen molar-refractivity contribution >= 4 is 17.7 Å². The van der Waals surface area contributed by atoms with Crippen molar-refractivity contribution in [2.24, 2.45) is 7.05 Å². The lowest BCUT2D eigenvalue weighted by Crippen LogP contribution is -2.35. The van der Waals surface area contributed by atoms with E-state index in [0.717, 1.165) is 15.8 Å². The molecule has 0 bridgehead atoms. The standard InChI is InChI=1S/C29H31F9N6O2/c1-5-20(6-2)46-26(45)43-9-7-8-23(21-10-16(3)22(14-24(21)43)29(36,37)38)44(25-39-41-42(4)40-25)15-17-11-18(27(30,31)32)13-19(12-17)28(33,34)35/h10-14,20,23H,5-9,15H2,1-4H3. The Morgan fingerprint density at radius 2 is 1.57 bits per heavy atom. The fraction of sp³-hybridized carbons (Fsp3) is 0.517. The monoisotopic (exact) mass is 666 g/mol.